The number of hydrogen-bond donors (Lipinski definition) is 2. The monoisotopic (exact) mass is 440 g/mol. The second kappa shape index (κ2) is 8.53. The lowest BCUT2D eigenvalue weighted by Gasteiger charge is -2.20. The molecule has 0 saturated carbocycles. The van der Waals surface area contributed by atoms with Crippen LogP contribution in [0.25, 0.3) is 0 Å². The van der Waals surface area contributed by atoms with Crippen LogP contribution in [0.5, 0.6) is 0 Å². The predicted octanol–water partition coefficient (Wildman–Crippen LogP) is 7.99. The Morgan fingerprint density at radius 3 is 1.48 bits per heavy atom. The highest BCUT2D eigenvalue weighted by Gasteiger charge is 2.16. The van der Waals surface area contributed by atoms with Gasteiger partial charge in [-0.15, -0.1) is 0 Å². The van der Waals surface area contributed by atoms with Gasteiger partial charge in [-0.25, -0.2) is 0 Å². The molecule has 0 unspecified atom stereocenters. The van der Waals surface area contributed by atoms with E-state index >= 15 is 0 Å². The van der Waals surface area contributed by atoms with Gasteiger partial charge in [-0.3, -0.25) is 4.79 Å². The number of para-hydroxylation sites is 3. The zero-order chi connectivity index (χ0) is 21.2. The first-order valence-electron chi connectivity index (χ1n) is 9.99. The number of fused-ring (bicyclic) bond motifs is 4. The number of benzene rings is 4. The lowest BCUT2D eigenvalue weighted by molar-refractivity contribution is 0.101. The van der Waals surface area contributed by atoms with Crippen molar-refractivity contribution in [3.63, 3.8) is 0 Å². The van der Waals surface area contributed by atoms with E-state index in [-0.39, 0.29) is 5.78 Å². The van der Waals surface area contributed by atoms with E-state index in [0.717, 1.165) is 21.8 Å². The van der Waals surface area contributed by atoms with Crippen LogP contribution in [0.1, 0.15) is 17.3 Å². The van der Waals surface area contributed by atoms with Gasteiger partial charge in [-0.1, -0.05) is 66.0 Å². The molecular formula is C26H20N2OS2. The van der Waals surface area contributed by atoms with E-state index in [1.165, 1.54) is 26.1 Å². The highest BCUT2D eigenvalue weighted by atomic mass is 32.2. The molecule has 0 bridgehead atoms. The van der Waals surface area contributed by atoms with E-state index in [2.05, 4.69) is 65.2 Å². The minimum atomic E-state index is 0.0958. The fraction of sp³-hybridized carbons (Fsp3) is 0.0385. The van der Waals surface area contributed by atoms with E-state index in [0.29, 0.717) is 0 Å². The average Bonchev–Trinajstić information content (AvgIpc) is 2.81. The molecule has 152 valence electrons. The second-order valence-electron chi connectivity index (χ2n) is 7.21. The van der Waals surface area contributed by atoms with E-state index in [4.69, 9.17) is 0 Å². The Kier molecular flexibility index (Phi) is 5.45. The Labute approximate surface area is 190 Å². The molecule has 5 heteroatoms. The predicted molar refractivity (Wildman–Crippen MR) is 131 cm³/mol. The molecule has 4 aromatic rings. The smallest absolute Gasteiger partial charge is 0.159 e. The van der Waals surface area contributed by atoms with Crippen molar-refractivity contribution in [2.75, 3.05) is 10.6 Å². The third-order valence-electron chi connectivity index (χ3n) is 5.03. The Morgan fingerprint density at radius 2 is 1.00 bits per heavy atom. The van der Waals surface area contributed by atoms with Crippen molar-refractivity contribution in [1.29, 1.82) is 0 Å². The third kappa shape index (κ3) is 4.20. The molecule has 0 fully saturated rings. The lowest BCUT2D eigenvalue weighted by Crippen LogP contribution is -2.01. The molecule has 0 saturated heterocycles. The van der Waals surface area contributed by atoms with Crippen molar-refractivity contribution in [2.24, 2.45) is 0 Å². The van der Waals surface area contributed by atoms with Gasteiger partial charge in [-0.2, -0.15) is 0 Å². The summed E-state index contributed by atoms with van der Waals surface area (Å²) >= 11 is 3.55. The van der Waals surface area contributed by atoms with Gasteiger partial charge in [0, 0.05) is 25.1 Å². The number of Topliss-reactive ketones (excluding diaryl/α,β-unsaturated/α-hetero) is 1. The Bertz CT molecular complexity index is 1200. The standard InChI is InChI=1S/C14H11NOS.C12H9NS/c1-9(16)10-6-7-14-12(8-10)15-11-4-2-3-5-13(11)17-14;1-3-7-11-9(5-1)13-10-6-2-4-8-12(10)14-11/h2-8,15H,1H3;1-8,13H. The number of nitrogens with one attached hydrogen (secondary N) is 2. The molecule has 0 spiro atoms. The van der Waals surface area contributed by atoms with Crippen molar-refractivity contribution >= 4 is 52.1 Å². The molecule has 4 aromatic carbocycles. The molecule has 0 aromatic heterocycles. The minimum absolute atomic E-state index is 0.0958. The van der Waals surface area contributed by atoms with Gasteiger partial charge in [-0.05, 0) is 55.5 Å². The highest BCUT2D eigenvalue weighted by molar-refractivity contribution is 8.00. The first-order valence-corrected chi connectivity index (χ1v) is 11.6. The molecule has 6 rings (SSSR count). The molecule has 0 amide bonds. The first kappa shape index (κ1) is 19.8. The van der Waals surface area contributed by atoms with E-state index < -0.39 is 0 Å². The third-order valence-corrected chi connectivity index (χ3v) is 7.33. The van der Waals surface area contributed by atoms with Crippen LogP contribution in [-0.2, 0) is 0 Å². The van der Waals surface area contributed by atoms with Crippen molar-refractivity contribution in [2.45, 2.75) is 26.5 Å². The van der Waals surface area contributed by atoms with Gasteiger partial charge in [0.2, 0.25) is 0 Å². The summed E-state index contributed by atoms with van der Waals surface area (Å²) < 4.78 is 0. The van der Waals surface area contributed by atoms with Gasteiger partial charge < -0.3 is 10.6 Å². The lowest BCUT2D eigenvalue weighted by atomic mass is 10.1. The van der Waals surface area contributed by atoms with Gasteiger partial charge in [0.1, 0.15) is 0 Å². The summed E-state index contributed by atoms with van der Waals surface area (Å²) in [6, 6.07) is 30.7. The van der Waals surface area contributed by atoms with Crippen LogP contribution in [0, 0.1) is 0 Å². The number of hydrogen-bond acceptors (Lipinski definition) is 5. The summed E-state index contributed by atoms with van der Waals surface area (Å²) in [6.45, 7) is 1.59. The molecule has 2 aliphatic heterocycles. The van der Waals surface area contributed by atoms with Crippen LogP contribution in [-0.4, -0.2) is 5.78 Å². The van der Waals surface area contributed by atoms with Crippen LogP contribution < -0.4 is 10.6 Å². The highest BCUT2D eigenvalue weighted by Crippen LogP contribution is 2.44. The number of carbonyl (C=O) groups excluding carboxylic acids is 1. The molecule has 31 heavy (non-hydrogen) atoms. The van der Waals surface area contributed by atoms with E-state index in [1.807, 2.05) is 48.2 Å². The molecule has 2 N–H and O–H groups in total. The summed E-state index contributed by atoms with van der Waals surface area (Å²) in [4.78, 5) is 16.3. The zero-order valence-electron chi connectivity index (χ0n) is 16.9. The summed E-state index contributed by atoms with van der Waals surface area (Å²) in [5.41, 5.74) is 5.27. The fourth-order valence-corrected chi connectivity index (χ4v) is 5.40. The SMILES string of the molecule is CC(=O)c1ccc2c(c1)Nc1ccccc1S2.c1ccc2c(c1)Nc1ccccc1S2. The normalized spacial score (nSPS) is 12.4. The maximum absolute atomic E-state index is 11.3. The minimum Gasteiger partial charge on any atom is -0.354 e. The summed E-state index contributed by atoms with van der Waals surface area (Å²) in [5.74, 6) is 0.0958. The number of anilines is 4. The Balaban J connectivity index is 0.000000134. The van der Waals surface area contributed by atoms with Crippen LogP contribution in [0.4, 0.5) is 22.7 Å². The molecule has 3 nitrogen and oxygen atoms in total. The maximum Gasteiger partial charge on any atom is 0.159 e. The average molecular weight is 441 g/mol. The van der Waals surface area contributed by atoms with Crippen LogP contribution >= 0.6 is 23.5 Å². The van der Waals surface area contributed by atoms with Gasteiger partial charge in [0.25, 0.3) is 0 Å². The molecule has 0 aliphatic carbocycles. The van der Waals surface area contributed by atoms with Crippen LogP contribution in [0.2, 0.25) is 0 Å². The zero-order valence-corrected chi connectivity index (χ0v) is 18.5. The maximum atomic E-state index is 11.3. The molecule has 2 aliphatic rings. The van der Waals surface area contributed by atoms with E-state index in [1.54, 1.807) is 18.7 Å². The molecule has 2 heterocycles. The van der Waals surface area contributed by atoms with Crippen LogP contribution in [0.3, 0.4) is 0 Å². The van der Waals surface area contributed by atoms with Crippen molar-refractivity contribution < 1.29 is 4.79 Å². The Morgan fingerprint density at radius 1 is 0.581 bits per heavy atom. The summed E-state index contributed by atoms with van der Waals surface area (Å²) in [7, 11) is 0. The molecule has 0 radical (unpaired) electrons. The summed E-state index contributed by atoms with van der Waals surface area (Å²) in [6.07, 6.45) is 0. The topological polar surface area (TPSA) is 41.1 Å². The van der Waals surface area contributed by atoms with Gasteiger partial charge >= 0.3 is 0 Å². The van der Waals surface area contributed by atoms with Crippen molar-refractivity contribution in [3.05, 3.63) is 96.6 Å². The quantitative estimate of drug-likeness (QED) is 0.254. The van der Waals surface area contributed by atoms with Crippen molar-refractivity contribution in [3.8, 4) is 0 Å². The molecular weight excluding hydrogens is 420 g/mol. The van der Waals surface area contributed by atoms with Crippen molar-refractivity contribution in [1.82, 2.24) is 0 Å². The van der Waals surface area contributed by atoms with Gasteiger partial charge in [0.15, 0.2) is 5.78 Å². The number of carbonyl (C=O) groups is 1. The fourth-order valence-electron chi connectivity index (χ4n) is 3.44. The largest absolute Gasteiger partial charge is 0.354 e. The Hall–Kier alpha value is -3.15. The summed E-state index contributed by atoms with van der Waals surface area (Å²) in [5, 5.41) is 6.78. The number of rotatable bonds is 1. The molecule has 0 atom stereocenters. The van der Waals surface area contributed by atoms with Gasteiger partial charge in [0.05, 0.1) is 22.7 Å². The van der Waals surface area contributed by atoms with E-state index in [9.17, 15) is 4.79 Å². The van der Waals surface area contributed by atoms with Crippen LogP contribution in [0.15, 0.2) is 111 Å². The second-order valence-corrected chi connectivity index (χ2v) is 9.38. The first-order chi connectivity index (χ1) is 15.2. The number of ketones is 1.